The Morgan fingerprint density at radius 1 is 1.09 bits per heavy atom. The maximum absolute atomic E-state index is 11.3. The summed E-state index contributed by atoms with van der Waals surface area (Å²) in [6, 6.07) is 14.6. The van der Waals surface area contributed by atoms with E-state index in [-0.39, 0.29) is 6.04 Å². The zero-order valence-corrected chi connectivity index (χ0v) is 13.6. The molecular weight excluding hydrogens is 288 g/mol. The quantitative estimate of drug-likeness (QED) is 0.922. The van der Waals surface area contributed by atoms with Gasteiger partial charge in [-0.1, -0.05) is 49.4 Å². The van der Waals surface area contributed by atoms with Gasteiger partial charge in [0.2, 0.25) is 0 Å². The highest BCUT2D eigenvalue weighted by Crippen LogP contribution is 2.21. The van der Waals surface area contributed by atoms with Gasteiger partial charge < -0.3 is 5.11 Å². The molecule has 2 aromatic carbocycles. The number of carbonyl (C=O) groups is 1. The fraction of sp³-hybridized carbons (Fsp3) is 0.421. The number of benzene rings is 2. The third-order valence-electron chi connectivity index (χ3n) is 4.79. The van der Waals surface area contributed by atoms with Gasteiger partial charge in [-0.2, -0.15) is 0 Å². The molecule has 0 aliphatic carbocycles. The van der Waals surface area contributed by atoms with Crippen LogP contribution in [-0.4, -0.2) is 53.1 Å². The first kappa shape index (κ1) is 16.0. The van der Waals surface area contributed by atoms with Crippen molar-refractivity contribution in [2.24, 2.45) is 0 Å². The smallest absolute Gasteiger partial charge is 0.320 e. The lowest BCUT2D eigenvalue weighted by atomic mass is 10.0. The van der Waals surface area contributed by atoms with Gasteiger partial charge in [-0.15, -0.1) is 0 Å². The molecule has 0 aromatic heterocycles. The molecule has 1 N–H and O–H groups in total. The van der Waals surface area contributed by atoms with Crippen molar-refractivity contribution in [2.45, 2.75) is 25.9 Å². The van der Waals surface area contributed by atoms with Crippen LogP contribution < -0.4 is 0 Å². The summed E-state index contributed by atoms with van der Waals surface area (Å²) in [4.78, 5) is 15.8. The lowest BCUT2D eigenvalue weighted by Crippen LogP contribution is -2.52. The second-order valence-corrected chi connectivity index (χ2v) is 6.21. The van der Waals surface area contributed by atoms with E-state index in [1.807, 2.05) is 6.92 Å². The fourth-order valence-electron chi connectivity index (χ4n) is 3.49. The Morgan fingerprint density at radius 3 is 2.48 bits per heavy atom. The Kier molecular flexibility index (Phi) is 4.94. The van der Waals surface area contributed by atoms with E-state index in [0.717, 1.165) is 32.7 Å². The number of carboxylic acids is 1. The van der Waals surface area contributed by atoms with Crippen molar-refractivity contribution >= 4 is 16.7 Å². The number of piperazine rings is 1. The van der Waals surface area contributed by atoms with Crippen molar-refractivity contribution in [1.82, 2.24) is 9.80 Å². The van der Waals surface area contributed by atoms with Gasteiger partial charge in [0.15, 0.2) is 0 Å². The van der Waals surface area contributed by atoms with Gasteiger partial charge in [0.25, 0.3) is 0 Å². The van der Waals surface area contributed by atoms with Crippen LogP contribution in [0.2, 0.25) is 0 Å². The highest BCUT2D eigenvalue weighted by molar-refractivity contribution is 5.85. The molecule has 1 saturated heterocycles. The minimum Gasteiger partial charge on any atom is -0.480 e. The lowest BCUT2D eigenvalue weighted by molar-refractivity contribution is -0.144. The van der Waals surface area contributed by atoms with Crippen LogP contribution in [-0.2, 0) is 11.3 Å². The van der Waals surface area contributed by atoms with Gasteiger partial charge in [0, 0.05) is 32.7 Å². The summed E-state index contributed by atoms with van der Waals surface area (Å²) in [5, 5.41) is 11.9. The highest BCUT2D eigenvalue weighted by Gasteiger charge is 2.27. The maximum Gasteiger partial charge on any atom is 0.320 e. The summed E-state index contributed by atoms with van der Waals surface area (Å²) in [6.07, 6.45) is 0.665. The standard InChI is InChI=1S/C19H24N2O2/c1-2-18(19(22)23)21-12-10-20(11-13-21)14-16-8-5-7-15-6-3-4-9-17(15)16/h3-9,18H,2,10-14H2,1H3,(H,22,23)/t18-/m0/s1. The molecule has 1 aliphatic rings. The van der Waals surface area contributed by atoms with Crippen molar-refractivity contribution in [1.29, 1.82) is 0 Å². The molecule has 0 unspecified atom stereocenters. The summed E-state index contributed by atoms with van der Waals surface area (Å²) in [5.74, 6) is -0.699. The van der Waals surface area contributed by atoms with Crippen LogP contribution in [0.25, 0.3) is 10.8 Å². The number of rotatable bonds is 5. The molecule has 122 valence electrons. The largest absolute Gasteiger partial charge is 0.480 e. The summed E-state index contributed by atoms with van der Waals surface area (Å²) in [5.41, 5.74) is 1.35. The van der Waals surface area contributed by atoms with Gasteiger partial charge in [-0.05, 0) is 22.8 Å². The van der Waals surface area contributed by atoms with E-state index < -0.39 is 5.97 Å². The number of carboxylic acid groups (broad SMARTS) is 1. The van der Waals surface area contributed by atoms with Crippen molar-refractivity contribution in [2.75, 3.05) is 26.2 Å². The van der Waals surface area contributed by atoms with Gasteiger partial charge in [0.1, 0.15) is 6.04 Å². The molecule has 4 nitrogen and oxygen atoms in total. The molecule has 23 heavy (non-hydrogen) atoms. The zero-order chi connectivity index (χ0) is 16.2. The third-order valence-corrected chi connectivity index (χ3v) is 4.79. The Morgan fingerprint density at radius 2 is 1.78 bits per heavy atom. The Hall–Kier alpha value is -1.91. The summed E-state index contributed by atoms with van der Waals surface area (Å²) < 4.78 is 0. The molecule has 0 spiro atoms. The van der Waals surface area contributed by atoms with Crippen LogP contribution in [0.3, 0.4) is 0 Å². The van der Waals surface area contributed by atoms with E-state index in [0.29, 0.717) is 6.42 Å². The van der Waals surface area contributed by atoms with E-state index in [9.17, 15) is 9.90 Å². The molecule has 0 amide bonds. The van der Waals surface area contributed by atoms with Crippen LogP contribution >= 0.6 is 0 Å². The molecule has 1 fully saturated rings. The highest BCUT2D eigenvalue weighted by atomic mass is 16.4. The van der Waals surface area contributed by atoms with Crippen molar-refractivity contribution < 1.29 is 9.90 Å². The molecule has 1 heterocycles. The Labute approximate surface area is 137 Å². The third kappa shape index (κ3) is 3.54. The summed E-state index contributed by atoms with van der Waals surface area (Å²) in [7, 11) is 0. The average Bonchev–Trinajstić information content (AvgIpc) is 2.57. The predicted molar refractivity (Wildman–Crippen MR) is 92.5 cm³/mol. The lowest BCUT2D eigenvalue weighted by Gasteiger charge is -2.37. The van der Waals surface area contributed by atoms with Gasteiger partial charge >= 0.3 is 5.97 Å². The zero-order valence-electron chi connectivity index (χ0n) is 13.6. The van der Waals surface area contributed by atoms with Gasteiger partial charge in [-0.25, -0.2) is 0 Å². The number of fused-ring (bicyclic) bond motifs is 1. The average molecular weight is 312 g/mol. The van der Waals surface area contributed by atoms with Crippen LogP contribution in [0.15, 0.2) is 42.5 Å². The van der Waals surface area contributed by atoms with Crippen molar-refractivity contribution in [3.63, 3.8) is 0 Å². The molecule has 1 aliphatic heterocycles. The number of nitrogens with zero attached hydrogens (tertiary/aromatic N) is 2. The van der Waals surface area contributed by atoms with Crippen molar-refractivity contribution in [3.05, 3.63) is 48.0 Å². The minimum atomic E-state index is -0.699. The number of hydrogen-bond donors (Lipinski definition) is 1. The first-order valence-corrected chi connectivity index (χ1v) is 8.35. The topological polar surface area (TPSA) is 43.8 Å². The van der Waals surface area contributed by atoms with E-state index in [1.54, 1.807) is 0 Å². The molecule has 0 bridgehead atoms. The first-order chi connectivity index (χ1) is 11.2. The number of aliphatic carboxylic acids is 1. The van der Waals surface area contributed by atoms with Crippen LogP contribution in [0, 0.1) is 0 Å². The van der Waals surface area contributed by atoms with Crippen LogP contribution in [0.4, 0.5) is 0 Å². The number of hydrogen-bond acceptors (Lipinski definition) is 3. The van der Waals surface area contributed by atoms with Crippen LogP contribution in [0.5, 0.6) is 0 Å². The monoisotopic (exact) mass is 312 g/mol. The molecule has 1 atom stereocenters. The molecule has 4 heteroatoms. The van der Waals surface area contributed by atoms with Crippen LogP contribution in [0.1, 0.15) is 18.9 Å². The van der Waals surface area contributed by atoms with E-state index in [4.69, 9.17) is 0 Å². The molecule has 0 radical (unpaired) electrons. The van der Waals surface area contributed by atoms with Gasteiger partial charge in [-0.3, -0.25) is 14.6 Å². The molecular formula is C19H24N2O2. The Balaban J connectivity index is 1.65. The molecule has 3 rings (SSSR count). The molecule has 2 aromatic rings. The Bertz CT molecular complexity index is 673. The second-order valence-electron chi connectivity index (χ2n) is 6.21. The van der Waals surface area contributed by atoms with Gasteiger partial charge in [0.05, 0.1) is 0 Å². The fourth-order valence-corrected chi connectivity index (χ4v) is 3.49. The van der Waals surface area contributed by atoms with E-state index in [1.165, 1.54) is 16.3 Å². The second kappa shape index (κ2) is 7.11. The van der Waals surface area contributed by atoms with E-state index >= 15 is 0 Å². The minimum absolute atomic E-state index is 0.338. The summed E-state index contributed by atoms with van der Waals surface area (Å²) in [6.45, 7) is 6.38. The summed E-state index contributed by atoms with van der Waals surface area (Å²) >= 11 is 0. The SMILES string of the molecule is CC[C@@H](C(=O)O)N1CCN(Cc2cccc3ccccc23)CC1. The van der Waals surface area contributed by atoms with E-state index in [2.05, 4.69) is 52.3 Å². The normalized spacial score (nSPS) is 18.1. The van der Waals surface area contributed by atoms with Crippen molar-refractivity contribution in [3.8, 4) is 0 Å². The first-order valence-electron chi connectivity index (χ1n) is 8.35. The molecule has 0 saturated carbocycles. The predicted octanol–water partition coefficient (Wildman–Crippen LogP) is 2.82. The maximum atomic E-state index is 11.3.